The van der Waals surface area contributed by atoms with Crippen LogP contribution < -0.4 is 20.7 Å². The van der Waals surface area contributed by atoms with Gasteiger partial charge in [-0.05, 0) is 36.6 Å². The summed E-state index contributed by atoms with van der Waals surface area (Å²) in [6.45, 7) is 3.72. The van der Waals surface area contributed by atoms with Crippen molar-refractivity contribution in [2.45, 2.75) is 32.8 Å². The van der Waals surface area contributed by atoms with E-state index in [1.165, 1.54) is 4.90 Å². The zero-order valence-electron chi connectivity index (χ0n) is 14.9. The Balaban J connectivity index is 1.84. The number of nitrogens with one attached hydrogen (secondary N) is 1. The number of nitrogen functional groups attached to an aromatic ring is 1. The summed E-state index contributed by atoms with van der Waals surface area (Å²) in [4.78, 5) is 30.8. The van der Waals surface area contributed by atoms with Crippen LogP contribution in [-0.4, -0.2) is 29.4 Å². The van der Waals surface area contributed by atoms with Crippen LogP contribution in [0.15, 0.2) is 36.4 Å². The number of benzene rings is 1. The van der Waals surface area contributed by atoms with E-state index in [1.807, 2.05) is 38.1 Å². The third-order valence-electron chi connectivity index (χ3n) is 4.27. The Morgan fingerprint density at radius 1 is 1.27 bits per heavy atom. The number of carbonyl (C=O) groups excluding carboxylic acids is 2. The van der Waals surface area contributed by atoms with Crippen molar-refractivity contribution in [3.63, 3.8) is 0 Å². The number of carbonyl (C=O) groups is 2. The van der Waals surface area contributed by atoms with Gasteiger partial charge in [0, 0.05) is 5.69 Å². The highest BCUT2D eigenvalue weighted by Crippen LogP contribution is 2.33. The van der Waals surface area contributed by atoms with Gasteiger partial charge in [-0.15, -0.1) is 0 Å². The second-order valence-electron chi connectivity index (χ2n) is 6.06. The third kappa shape index (κ3) is 3.46. The molecule has 1 atom stereocenters. The molecule has 0 bridgehead atoms. The van der Waals surface area contributed by atoms with E-state index < -0.39 is 6.10 Å². The Hall–Kier alpha value is -3.09. The van der Waals surface area contributed by atoms with Crippen LogP contribution in [0.3, 0.4) is 0 Å². The van der Waals surface area contributed by atoms with Gasteiger partial charge in [0.25, 0.3) is 5.91 Å². The van der Waals surface area contributed by atoms with Gasteiger partial charge in [0.05, 0.1) is 0 Å². The van der Waals surface area contributed by atoms with Crippen molar-refractivity contribution in [1.82, 2.24) is 4.98 Å². The van der Waals surface area contributed by atoms with E-state index in [0.29, 0.717) is 12.2 Å². The molecular formula is C19H22N4O3. The van der Waals surface area contributed by atoms with Crippen LogP contribution in [0, 0.1) is 0 Å². The highest BCUT2D eigenvalue weighted by molar-refractivity contribution is 6.05. The molecule has 0 fully saturated rings. The number of aromatic nitrogens is 1. The van der Waals surface area contributed by atoms with E-state index >= 15 is 0 Å². The molecule has 2 heterocycles. The predicted molar refractivity (Wildman–Crippen MR) is 100 cm³/mol. The molecule has 0 spiro atoms. The number of ether oxygens (including phenoxy) is 1. The zero-order valence-corrected chi connectivity index (χ0v) is 14.9. The molecule has 7 heteroatoms. The number of hydrogen-bond acceptors (Lipinski definition) is 5. The highest BCUT2D eigenvalue weighted by Gasteiger charge is 2.35. The molecule has 1 aliphatic rings. The topological polar surface area (TPSA) is 97.5 Å². The summed E-state index contributed by atoms with van der Waals surface area (Å²) in [7, 11) is 0. The van der Waals surface area contributed by atoms with Crippen LogP contribution in [0.1, 0.15) is 25.8 Å². The van der Waals surface area contributed by atoms with Crippen molar-refractivity contribution in [2.75, 3.05) is 22.5 Å². The third-order valence-corrected chi connectivity index (χ3v) is 4.27. The fourth-order valence-electron chi connectivity index (χ4n) is 2.91. The summed E-state index contributed by atoms with van der Waals surface area (Å²) < 4.78 is 5.67. The van der Waals surface area contributed by atoms with E-state index in [2.05, 4.69) is 10.3 Å². The number of amides is 2. The molecule has 7 nitrogen and oxygen atoms in total. The summed E-state index contributed by atoms with van der Waals surface area (Å²) in [6, 6.07) is 10.9. The Morgan fingerprint density at radius 3 is 2.77 bits per heavy atom. The normalized spacial score (nSPS) is 16.0. The van der Waals surface area contributed by atoms with Gasteiger partial charge in [0.2, 0.25) is 5.91 Å². The molecule has 3 N–H and O–H groups in total. The molecule has 1 aromatic heterocycles. The van der Waals surface area contributed by atoms with Gasteiger partial charge in [-0.2, -0.15) is 0 Å². The highest BCUT2D eigenvalue weighted by atomic mass is 16.5. The zero-order chi connectivity index (χ0) is 18.7. The van der Waals surface area contributed by atoms with Crippen LogP contribution in [-0.2, 0) is 16.0 Å². The monoisotopic (exact) mass is 354 g/mol. The van der Waals surface area contributed by atoms with Gasteiger partial charge in [-0.25, -0.2) is 4.98 Å². The van der Waals surface area contributed by atoms with E-state index in [-0.39, 0.29) is 30.0 Å². The molecule has 0 radical (unpaired) electrons. The van der Waals surface area contributed by atoms with E-state index in [0.717, 1.165) is 17.7 Å². The van der Waals surface area contributed by atoms with Crippen LogP contribution in [0.4, 0.5) is 17.3 Å². The summed E-state index contributed by atoms with van der Waals surface area (Å²) in [5.41, 5.74) is 7.52. The van der Waals surface area contributed by atoms with E-state index in [1.54, 1.807) is 12.1 Å². The van der Waals surface area contributed by atoms with Crippen LogP contribution >= 0.6 is 0 Å². The first-order valence-corrected chi connectivity index (χ1v) is 8.65. The van der Waals surface area contributed by atoms with Crippen LogP contribution in [0.25, 0.3) is 0 Å². The second-order valence-corrected chi connectivity index (χ2v) is 6.06. The maximum atomic E-state index is 12.7. The summed E-state index contributed by atoms with van der Waals surface area (Å²) in [6.07, 6.45) is 0.661. The lowest BCUT2D eigenvalue weighted by Gasteiger charge is -2.32. The number of rotatable bonds is 5. The fraction of sp³-hybridized carbons (Fsp3) is 0.316. The number of anilines is 3. The second kappa shape index (κ2) is 7.43. The number of para-hydroxylation sites is 1. The van der Waals surface area contributed by atoms with Crippen LogP contribution in [0.2, 0.25) is 0 Å². The van der Waals surface area contributed by atoms with Crippen molar-refractivity contribution in [1.29, 1.82) is 0 Å². The molecule has 26 heavy (non-hydrogen) atoms. The minimum Gasteiger partial charge on any atom is -0.477 e. The standard InChI is InChI=1S/C19H22N4O3/c1-3-12-7-5-6-8-13(12)21-17(24)11-23-18-15(9-10-16(20)22-18)26-14(4-2)19(23)25/h5-10,14H,3-4,11H2,1-2H3,(H2,20,22)(H,21,24). The molecule has 2 aromatic rings. The molecule has 1 aliphatic heterocycles. The van der Waals surface area contributed by atoms with Crippen molar-refractivity contribution in [3.8, 4) is 5.75 Å². The fourth-order valence-corrected chi connectivity index (χ4v) is 2.91. The lowest BCUT2D eigenvalue weighted by Crippen LogP contribution is -2.49. The lowest BCUT2D eigenvalue weighted by atomic mass is 10.1. The molecule has 3 rings (SSSR count). The van der Waals surface area contributed by atoms with Gasteiger partial charge in [-0.1, -0.05) is 32.0 Å². The van der Waals surface area contributed by atoms with Gasteiger partial charge >= 0.3 is 0 Å². The quantitative estimate of drug-likeness (QED) is 0.859. The van der Waals surface area contributed by atoms with Crippen LogP contribution in [0.5, 0.6) is 5.75 Å². The molecule has 2 amide bonds. The molecular weight excluding hydrogens is 332 g/mol. The predicted octanol–water partition coefficient (Wildman–Crippen LogP) is 2.37. The van der Waals surface area contributed by atoms with Crippen molar-refractivity contribution in [2.24, 2.45) is 0 Å². The van der Waals surface area contributed by atoms with Crippen molar-refractivity contribution in [3.05, 3.63) is 42.0 Å². The maximum absolute atomic E-state index is 12.7. The molecule has 136 valence electrons. The minimum absolute atomic E-state index is 0.153. The first-order valence-electron chi connectivity index (χ1n) is 8.65. The SMILES string of the molecule is CCc1ccccc1NC(=O)CN1C(=O)C(CC)Oc2ccc(N)nc21. The number of aryl methyl sites for hydroxylation is 1. The average molecular weight is 354 g/mol. The number of hydrogen-bond donors (Lipinski definition) is 2. The van der Waals surface area contributed by atoms with Crippen molar-refractivity contribution >= 4 is 29.1 Å². The maximum Gasteiger partial charge on any atom is 0.269 e. The lowest BCUT2D eigenvalue weighted by molar-refractivity contribution is -0.128. The minimum atomic E-state index is -0.636. The number of pyridine rings is 1. The smallest absolute Gasteiger partial charge is 0.269 e. The van der Waals surface area contributed by atoms with Gasteiger partial charge < -0.3 is 15.8 Å². The molecule has 1 aromatic carbocycles. The summed E-state index contributed by atoms with van der Waals surface area (Å²) in [5.74, 6) is 0.395. The Labute approximate surface area is 152 Å². The summed E-state index contributed by atoms with van der Waals surface area (Å²) in [5, 5.41) is 2.87. The number of nitrogens with two attached hydrogens (primary N) is 1. The molecule has 0 aliphatic carbocycles. The van der Waals surface area contributed by atoms with E-state index in [4.69, 9.17) is 10.5 Å². The Morgan fingerprint density at radius 2 is 2.04 bits per heavy atom. The van der Waals surface area contributed by atoms with Gasteiger partial charge in [0.1, 0.15) is 12.4 Å². The first kappa shape index (κ1) is 17.7. The van der Waals surface area contributed by atoms with Gasteiger partial charge in [0.15, 0.2) is 17.7 Å². The molecule has 0 saturated heterocycles. The molecule has 1 unspecified atom stereocenters. The number of nitrogens with zero attached hydrogens (tertiary/aromatic N) is 2. The molecule has 0 saturated carbocycles. The first-order chi connectivity index (χ1) is 12.5. The Bertz CT molecular complexity index is 837. The summed E-state index contributed by atoms with van der Waals surface area (Å²) >= 11 is 0. The van der Waals surface area contributed by atoms with Gasteiger partial charge in [-0.3, -0.25) is 14.5 Å². The Kier molecular flexibility index (Phi) is 5.06. The number of fused-ring (bicyclic) bond motifs is 1. The largest absolute Gasteiger partial charge is 0.477 e. The average Bonchev–Trinajstić information content (AvgIpc) is 2.64. The van der Waals surface area contributed by atoms with Crippen molar-refractivity contribution < 1.29 is 14.3 Å². The van der Waals surface area contributed by atoms with E-state index in [9.17, 15) is 9.59 Å².